The van der Waals surface area contributed by atoms with Crippen LogP contribution in [0.5, 0.6) is 34.5 Å². The van der Waals surface area contributed by atoms with Crippen molar-refractivity contribution >= 4 is 11.9 Å². The maximum absolute atomic E-state index is 12.3. The van der Waals surface area contributed by atoms with Crippen molar-refractivity contribution in [3.05, 3.63) is 35.4 Å². The molecule has 9 nitrogen and oxygen atoms in total. The lowest BCUT2D eigenvalue weighted by atomic mass is 9.85. The van der Waals surface area contributed by atoms with Crippen molar-refractivity contribution in [1.29, 1.82) is 0 Å². The fraction of sp³-hybridized carbons (Fsp3) is 0.333. The van der Waals surface area contributed by atoms with Gasteiger partial charge in [-0.3, -0.25) is 9.59 Å². The summed E-state index contributed by atoms with van der Waals surface area (Å²) in [5.74, 6) is 0.803. The van der Waals surface area contributed by atoms with Gasteiger partial charge in [0.05, 0.1) is 34.9 Å². The fourth-order valence-electron chi connectivity index (χ4n) is 3.46. The molecule has 2 aromatic rings. The second-order valence-electron chi connectivity index (χ2n) is 6.45. The van der Waals surface area contributed by atoms with Gasteiger partial charge in [-0.2, -0.15) is 0 Å². The molecule has 2 N–H and O–H groups in total. The summed E-state index contributed by atoms with van der Waals surface area (Å²) >= 11 is 0. The Balaban J connectivity index is 2.16. The first-order valence-corrected chi connectivity index (χ1v) is 9.06. The van der Waals surface area contributed by atoms with E-state index in [1.807, 2.05) is 0 Å². The van der Waals surface area contributed by atoms with E-state index < -0.39 is 17.8 Å². The van der Waals surface area contributed by atoms with Crippen molar-refractivity contribution in [2.45, 2.75) is 12.3 Å². The van der Waals surface area contributed by atoms with Crippen LogP contribution in [0, 0.1) is 0 Å². The van der Waals surface area contributed by atoms with Crippen LogP contribution in [0.25, 0.3) is 0 Å². The summed E-state index contributed by atoms with van der Waals surface area (Å²) in [5, 5.41) is 0. The standard InChI is InChI=1S/C21H23NO8/c1-25-13-6-5-11(7-14(13)29-10-17(22)23)12-8-18(24)30-15-9-16(26-2)20(27-3)21(28-4)19(12)15/h5-7,9,12H,8,10H2,1-4H3,(H2,22,23)/t12-/m1/s1. The molecule has 0 fully saturated rings. The van der Waals surface area contributed by atoms with E-state index in [1.54, 1.807) is 24.3 Å². The second kappa shape index (κ2) is 8.81. The average Bonchev–Trinajstić information content (AvgIpc) is 2.75. The molecule has 30 heavy (non-hydrogen) atoms. The average molecular weight is 417 g/mol. The summed E-state index contributed by atoms with van der Waals surface area (Å²) < 4.78 is 32.7. The van der Waals surface area contributed by atoms with Gasteiger partial charge >= 0.3 is 5.97 Å². The number of rotatable bonds is 8. The Morgan fingerprint density at radius 3 is 2.30 bits per heavy atom. The second-order valence-corrected chi connectivity index (χ2v) is 6.45. The van der Waals surface area contributed by atoms with E-state index in [4.69, 9.17) is 34.2 Å². The minimum atomic E-state index is -0.618. The smallest absolute Gasteiger partial charge is 0.312 e. The molecule has 2 aromatic carbocycles. The van der Waals surface area contributed by atoms with Crippen molar-refractivity contribution < 1.29 is 38.0 Å². The van der Waals surface area contributed by atoms with E-state index >= 15 is 0 Å². The maximum atomic E-state index is 12.3. The van der Waals surface area contributed by atoms with Crippen molar-refractivity contribution in [3.8, 4) is 34.5 Å². The van der Waals surface area contributed by atoms with Crippen molar-refractivity contribution in [2.24, 2.45) is 5.73 Å². The van der Waals surface area contributed by atoms with Gasteiger partial charge in [-0.1, -0.05) is 6.07 Å². The Hall–Kier alpha value is -3.62. The molecule has 1 atom stereocenters. The number of methoxy groups -OCH3 is 4. The zero-order valence-electron chi connectivity index (χ0n) is 17.1. The first kappa shape index (κ1) is 21.1. The number of amides is 1. The highest BCUT2D eigenvalue weighted by molar-refractivity contribution is 5.80. The summed E-state index contributed by atoms with van der Waals surface area (Å²) in [5.41, 5.74) is 6.56. The third-order valence-corrected chi connectivity index (χ3v) is 4.73. The lowest BCUT2D eigenvalue weighted by molar-refractivity contribution is -0.135. The quantitative estimate of drug-likeness (QED) is 0.512. The summed E-state index contributed by atoms with van der Waals surface area (Å²) in [6, 6.07) is 6.79. The molecule has 1 heterocycles. The van der Waals surface area contributed by atoms with Crippen LogP contribution in [0.1, 0.15) is 23.5 Å². The van der Waals surface area contributed by atoms with Crippen LogP contribution in [0.15, 0.2) is 24.3 Å². The van der Waals surface area contributed by atoms with E-state index in [0.717, 1.165) is 5.56 Å². The van der Waals surface area contributed by atoms with Gasteiger partial charge in [0, 0.05) is 17.5 Å². The Morgan fingerprint density at radius 2 is 1.70 bits per heavy atom. The minimum absolute atomic E-state index is 0.0699. The SMILES string of the molecule is COc1ccc([C@H]2CC(=O)Oc3cc(OC)c(OC)c(OC)c32)cc1OCC(N)=O. The van der Waals surface area contributed by atoms with Crippen LogP contribution >= 0.6 is 0 Å². The van der Waals surface area contributed by atoms with Gasteiger partial charge in [0.1, 0.15) is 5.75 Å². The number of hydrogen-bond acceptors (Lipinski definition) is 8. The highest BCUT2D eigenvalue weighted by Crippen LogP contribution is 2.52. The minimum Gasteiger partial charge on any atom is -0.493 e. The van der Waals surface area contributed by atoms with E-state index in [0.29, 0.717) is 40.1 Å². The Bertz CT molecular complexity index is 972. The molecule has 1 aliphatic heterocycles. The van der Waals surface area contributed by atoms with Gasteiger partial charge in [0.2, 0.25) is 5.75 Å². The number of benzene rings is 2. The van der Waals surface area contributed by atoms with Gasteiger partial charge in [0.15, 0.2) is 29.6 Å². The number of hydrogen-bond donors (Lipinski definition) is 1. The first-order valence-electron chi connectivity index (χ1n) is 9.06. The summed E-state index contributed by atoms with van der Waals surface area (Å²) in [6.45, 7) is -0.308. The lowest BCUT2D eigenvalue weighted by Gasteiger charge is -2.28. The number of carbonyl (C=O) groups is 2. The third kappa shape index (κ3) is 3.91. The molecule has 0 aromatic heterocycles. The molecule has 0 radical (unpaired) electrons. The number of esters is 1. The normalized spacial score (nSPS) is 14.9. The number of primary amides is 1. The number of ether oxygens (including phenoxy) is 6. The molecule has 0 aliphatic carbocycles. The molecule has 1 amide bonds. The predicted octanol–water partition coefficient (Wildman–Crippen LogP) is 2.03. The molecule has 0 spiro atoms. The molecule has 9 heteroatoms. The topological polar surface area (TPSA) is 116 Å². The van der Waals surface area contributed by atoms with E-state index in [9.17, 15) is 9.59 Å². The third-order valence-electron chi connectivity index (χ3n) is 4.73. The molecule has 0 saturated heterocycles. The van der Waals surface area contributed by atoms with Crippen LogP contribution in [0.3, 0.4) is 0 Å². The summed E-state index contributed by atoms with van der Waals surface area (Å²) in [7, 11) is 5.97. The Labute approximate surface area is 173 Å². The zero-order valence-corrected chi connectivity index (χ0v) is 17.1. The first-order chi connectivity index (χ1) is 14.4. The Morgan fingerprint density at radius 1 is 1.00 bits per heavy atom. The van der Waals surface area contributed by atoms with Crippen molar-refractivity contribution in [2.75, 3.05) is 35.0 Å². The van der Waals surface area contributed by atoms with Crippen LogP contribution in [0.2, 0.25) is 0 Å². The molecule has 160 valence electrons. The molecule has 0 saturated carbocycles. The molecular formula is C21H23NO8. The molecular weight excluding hydrogens is 394 g/mol. The van der Waals surface area contributed by atoms with E-state index in [2.05, 4.69) is 0 Å². The van der Waals surface area contributed by atoms with Crippen molar-refractivity contribution in [1.82, 2.24) is 0 Å². The predicted molar refractivity (Wildman–Crippen MR) is 106 cm³/mol. The fourth-order valence-corrected chi connectivity index (χ4v) is 3.46. The number of nitrogens with two attached hydrogens (primary N) is 1. The Kier molecular flexibility index (Phi) is 6.20. The van der Waals surface area contributed by atoms with Crippen molar-refractivity contribution in [3.63, 3.8) is 0 Å². The van der Waals surface area contributed by atoms with Gasteiger partial charge in [-0.15, -0.1) is 0 Å². The van der Waals surface area contributed by atoms with Crippen LogP contribution in [0.4, 0.5) is 0 Å². The van der Waals surface area contributed by atoms with Crippen LogP contribution in [-0.4, -0.2) is 46.9 Å². The van der Waals surface area contributed by atoms with Gasteiger partial charge in [0.25, 0.3) is 5.91 Å². The van der Waals surface area contributed by atoms with Gasteiger partial charge in [-0.25, -0.2) is 0 Å². The summed E-state index contributed by atoms with van der Waals surface area (Å²) in [4.78, 5) is 23.5. The van der Waals surface area contributed by atoms with Crippen LogP contribution in [-0.2, 0) is 9.59 Å². The highest BCUT2D eigenvalue weighted by atomic mass is 16.6. The summed E-state index contributed by atoms with van der Waals surface area (Å²) in [6.07, 6.45) is 0.0699. The largest absolute Gasteiger partial charge is 0.493 e. The molecule has 0 bridgehead atoms. The number of fused-ring (bicyclic) bond motifs is 1. The van der Waals surface area contributed by atoms with E-state index in [1.165, 1.54) is 28.4 Å². The number of carbonyl (C=O) groups excluding carboxylic acids is 2. The monoisotopic (exact) mass is 417 g/mol. The van der Waals surface area contributed by atoms with E-state index in [-0.39, 0.29) is 13.0 Å². The maximum Gasteiger partial charge on any atom is 0.312 e. The molecule has 1 aliphatic rings. The molecule has 0 unspecified atom stereocenters. The van der Waals surface area contributed by atoms with Gasteiger partial charge in [-0.05, 0) is 17.7 Å². The molecule has 3 rings (SSSR count). The zero-order chi connectivity index (χ0) is 21.8. The highest BCUT2D eigenvalue weighted by Gasteiger charge is 2.35. The van der Waals surface area contributed by atoms with Gasteiger partial charge < -0.3 is 34.2 Å². The lowest BCUT2D eigenvalue weighted by Crippen LogP contribution is -2.22. The van der Waals surface area contributed by atoms with Crippen LogP contribution < -0.4 is 34.2 Å².